The van der Waals surface area contributed by atoms with Crippen molar-refractivity contribution < 1.29 is 4.74 Å². The van der Waals surface area contributed by atoms with Crippen LogP contribution in [0.3, 0.4) is 0 Å². The third-order valence-electron chi connectivity index (χ3n) is 2.51. The van der Waals surface area contributed by atoms with Crippen LogP contribution in [0.5, 0.6) is 0 Å². The van der Waals surface area contributed by atoms with Crippen LogP contribution in [0.15, 0.2) is 24.3 Å². The fourth-order valence-corrected chi connectivity index (χ4v) is 2.77. The highest BCUT2D eigenvalue weighted by Gasteiger charge is 2.19. The van der Waals surface area contributed by atoms with Gasteiger partial charge in [-0.3, -0.25) is 5.14 Å². The van der Waals surface area contributed by atoms with Gasteiger partial charge in [0.15, 0.2) is 0 Å². The molecule has 6 heteroatoms. The van der Waals surface area contributed by atoms with Crippen molar-refractivity contribution in [1.82, 2.24) is 10.3 Å². The number of fused-ring (bicyclic) bond motifs is 1. The average molecular weight is 269 g/mol. The third-order valence-corrected chi connectivity index (χ3v) is 3.64. The maximum Gasteiger partial charge on any atom is 0.124 e. The van der Waals surface area contributed by atoms with Crippen molar-refractivity contribution in [3.63, 3.8) is 0 Å². The van der Waals surface area contributed by atoms with E-state index >= 15 is 0 Å². The van der Waals surface area contributed by atoms with Crippen molar-refractivity contribution >= 4 is 34.4 Å². The molecule has 4 nitrogen and oxygen atoms in total. The summed E-state index contributed by atoms with van der Waals surface area (Å²) in [6.45, 7) is 2.60. The lowest BCUT2D eigenvalue weighted by atomic mass is 10.3. The Balaban J connectivity index is 0.000000514. The summed E-state index contributed by atoms with van der Waals surface area (Å²) in [7, 11) is 0. The predicted octanol–water partition coefficient (Wildman–Crippen LogP) is 1.75. The lowest BCUT2D eigenvalue weighted by molar-refractivity contribution is 0.0277. The molecule has 0 bridgehead atoms. The Bertz CT molecular complexity index is 435. The summed E-state index contributed by atoms with van der Waals surface area (Å²) in [4.78, 5) is 4.59. The minimum absolute atomic E-state index is 0.135. The van der Waals surface area contributed by atoms with Crippen LogP contribution in [0, 0.1) is 0 Å². The number of nitrogens with one attached hydrogen (secondary N) is 1. The fraction of sp³-hybridized carbons (Fsp3) is 0.364. The van der Waals surface area contributed by atoms with Crippen LogP contribution in [-0.2, 0) is 4.74 Å². The summed E-state index contributed by atoms with van der Waals surface area (Å²) in [5.74, 6) is 0. The van der Waals surface area contributed by atoms with Crippen LogP contribution in [0.2, 0.25) is 0 Å². The molecule has 0 saturated carbocycles. The van der Waals surface area contributed by atoms with Crippen molar-refractivity contribution in [2.75, 3.05) is 19.7 Å². The standard InChI is InChI=1S/C11H12N2OS.H3NS/c1-2-4-10-8(3-1)13-11(15-10)9-7-12-5-6-14-9;1-2/h1-4,9,12H,5-7H2;2H,1H2. The van der Waals surface area contributed by atoms with Gasteiger partial charge in [-0.1, -0.05) is 12.1 Å². The first kappa shape index (κ1) is 12.8. The van der Waals surface area contributed by atoms with Crippen LogP contribution in [-0.4, -0.2) is 24.7 Å². The summed E-state index contributed by atoms with van der Waals surface area (Å²) in [6.07, 6.45) is 0.135. The van der Waals surface area contributed by atoms with E-state index in [-0.39, 0.29) is 6.10 Å². The zero-order valence-electron chi connectivity index (χ0n) is 9.30. The van der Waals surface area contributed by atoms with E-state index in [1.165, 1.54) is 4.70 Å². The number of ether oxygens (including phenoxy) is 1. The summed E-state index contributed by atoms with van der Waals surface area (Å²) in [6, 6.07) is 8.22. The molecule has 3 N–H and O–H groups in total. The Hall–Kier alpha value is -0.660. The van der Waals surface area contributed by atoms with E-state index in [4.69, 9.17) is 4.74 Å². The number of para-hydroxylation sites is 1. The number of morpholine rings is 1. The van der Waals surface area contributed by atoms with Crippen LogP contribution < -0.4 is 10.5 Å². The zero-order valence-corrected chi connectivity index (χ0v) is 11.0. The zero-order chi connectivity index (χ0) is 12.1. The molecule has 1 atom stereocenters. The van der Waals surface area contributed by atoms with Gasteiger partial charge in [-0.15, -0.1) is 24.2 Å². The number of nitrogens with two attached hydrogens (primary N) is 1. The number of benzene rings is 1. The Morgan fingerprint density at radius 3 is 2.94 bits per heavy atom. The van der Waals surface area contributed by atoms with Crippen molar-refractivity contribution in [3.8, 4) is 0 Å². The van der Waals surface area contributed by atoms with Gasteiger partial charge >= 0.3 is 0 Å². The first-order valence-electron chi connectivity index (χ1n) is 5.37. The van der Waals surface area contributed by atoms with E-state index in [0.29, 0.717) is 0 Å². The highest BCUT2D eigenvalue weighted by molar-refractivity contribution is 7.77. The summed E-state index contributed by atoms with van der Waals surface area (Å²) >= 11 is 4.76. The molecule has 0 aliphatic carbocycles. The molecule has 1 fully saturated rings. The lowest BCUT2D eigenvalue weighted by Gasteiger charge is -2.21. The van der Waals surface area contributed by atoms with Gasteiger partial charge in [0.05, 0.1) is 16.8 Å². The average Bonchev–Trinajstić information content (AvgIpc) is 2.86. The quantitative estimate of drug-likeness (QED) is 0.690. The smallest absolute Gasteiger partial charge is 0.124 e. The Morgan fingerprint density at radius 1 is 1.41 bits per heavy atom. The maximum absolute atomic E-state index is 5.68. The molecule has 1 unspecified atom stereocenters. The number of rotatable bonds is 1. The normalized spacial score (nSPS) is 19.8. The molecule has 3 rings (SSSR count). The second-order valence-electron chi connectivity index (χ2n) is 3.58. The summed E-state index contributed by atoms with van der Waals surface area (Å²) < 4.78 is 6.92. The lowest BCUT2D eigenvalue weighted by Crippen LogP contribution is -2.33. The highest BCUT2D eigenvalue weighted by Crippen LogP contribution is 2.28. The third kappa shape index (κ3) is 2.97. The number of hydrogen-bond donors (Lipinski definition) is 3. The van der Waals surface area contributed by atoms with Gasteiger partial charge in [0.25, 0.3) is 0 Å². The summed E-state index contributed by atoms with van der Waals surface area (Å²) in [5, 5.41) is 8.60. The number of hydrogen-bond acceptors (Lipinski definition) is 6. The van der Waals surface area contributed by atoms with Crippen molar-refractivity contribution in [2.45, 2.75) is 6.10 Å². The Kier molecular flexibility index (Phi) is 4.75. The van der Waals surface area contributed by atoms with Gasteiger partial charge in [0.2, 0.25) is 0 Å². The van der Waals surface area contributed by atoms with E-state index in [0.717, 1.165) is 30.2 Å². The van der Waals surface area contributed by atoms with E-state index < -0.39 is 0 Å². The number of aromatic nitrogens is 1. The molecule has 92 valence electrons. The van der Waals surface area contributed by atoms with E-state index in [1.54, 1.807) is 11.3 Å². The minimum atomic E-state index is 0.135. The molecule has 2 heterocycles. The van der Waals surface area contributed by atoms with Gasteiger partial charge in [-0.05, 0) is 12.1 Å². The predicted molar refractivity (Wildman–Crippen MR) is 74.4 cm³/mol. The van der Waals surface area contributed by atoms with E-state index in [1.807, 2.05) is 18.2 Å². The van der Waals surface area contributed by atoms with Crippen molar-refractivity contribution in [3.05, 3.63) is 29.3 Å². The molecule has 1 aromatic carbocycles. The second kappa shape index (κ2) is 6.32. The maximum atomic E-state index is 5.68. The molecule has 0 spiro atoms. The molecule has 1 saturated heterocycles. The molecular weight excluding hydrogens is 254 g/mol. The largest absolute Gasteiger partial charge is 0.368 e. The monoisotopic (exact) mass is 269 g/mol. The van der Waals surface area contributed by atoms with Crippen LogP contribution in [0.1, 0.15) is 11.1 Å². The van der Waals surface area contributed by atoms with Gasteiger partial charge in [-0.2, -0.15) is 0 Å². The SMILES string of the molecule is NS.c1ccc2sc(C3CNCCO3)nc2c1. The van der Waals surface area contributed by atoms with E-state index in [9.17, 15) is 0 Å². The second-order valence-corrected chi connectivity index (χ2v) is 4.65. The van der Waals surface area contributed by atoms with Crippen molar-refractivity contribution in [1.29, 1.82) is 0 Å². The Labute approximate surface area is 110 Å². The van der Waals surface area contributed by atoms with Gasteiger partial charge < -0.3 is 10.1 Å². The minimum Gasteiger partial charge on any atom is -0.368 e. The first-order chi connectivity index (χ1) is 8.43. The molecular formula is C11H15N3OS2. The first-order valence-corrected chi connectivity index (χ1v) is 6.70. The molecule has 1 aromatic heterocycles. The van der Waals surface area contributed by atoms with E-state index in [2.05, 4.69) is 34.3 Å². The number of thiol groups is 1. The molecule has 1 aliphatic rings. The molecule has 0 radical (unpaired) electrons. The highest BCUT2D eigenvalue weighted by atomic mass is 32.1. The van der Waals surface area contributed by atoms with Gasteiger partial charge in [-0.25, -0.2) is 4.98 Å². The molecule has 2 aromatic rings. The van der Waals surface area contributed by atoms with Crippen LogP contribution in [0.4, 0.5) is 0 Å². The van der Waals surface area contributed by atoms with Crippen LogP contribution in [0.25, 0.3) is 10.2 Å². The number of nitrogens with zero attached hydrogens (tertiary/aromatic N) is 1. The fourth-order valence-electron chi connectivity index (χ4n) is 1.75. The topological polar surface area (TPSA) is 60.2 Å². The van der Waals surface area contributed by atoms with Crippen molar-refractivity contribution in [2.24, 2.45) is 5.14 Å². The summed E-state index contributed by atoms with van der Waals surface area (Å²) in [5.41, 5.74) is 1.08. The molecule has 17 heavy (non-hydrogen) atoms. The van der Waals surface area contributed by atoms with Gasteiger partial charge in [0, 0.05) is 13.1 Å². The molecule has 0 amide bonds. The van der Waals surface area contributed by atoms with Crippen LogP contribution >= 0.6 is 24.2 Å². The van der Waals surface area contributed by atoms with Gasteiger partial charge in [0.1, 0.15) is 11.1 Å². The Morgan fingerprint density at radius 2 is 2.24 bits per heavy atom. The number of thiazole rings is 1. The molecule has 1 aliphatic heterocycles.